The van der Waals surface area contributed by atoms with Crippen LogP contribution in [0, 0.1) is 11.6 Å². The summed E-state index contributed by atoms with van der Waals surface area (Å²) in [4.78, 5) is 12.4. The third kappa shape index (κ3) is 3.76. The van der Waals surface area contributed by atoms with Crippen LogP contribution >= 0.6 is 11.6 Å². The highest BCUT2D eigenvalue weighted by Crippen LogP contribution is 2.36. The summed E-state index contributed by atoms with van der Waals surface area (Å²) in [6, 6.07) is 5.86. The summed E-state index contributed by atoms with van der Waals surface area (Å²) in [5.41, 5.74) is 0.695. The van der Waals surface area contributed by atoms with E-state index in [1.165, 1.54) is 32.4 Å². The van der Waals surface area contributed by atoms with Crippen molar-refractivity contribution < 1.29 is 23.0 Å². The number of amides is 1. The summed E-state index contributed by atoms with van der Waals surface area (Å²) >= 11 is 6.07. The molecule has 0 saturated carbocycles. The molecule has 0 radical (unpaired) electrons. The number of rotatable bonds is 5. The minimum absolute atomic E-state index is 0.225. The first kappa shape index (κ1) is 18.0. The van der Waals surface area contributed by atoms with Gasteiger partial charge < -0.3 is 14.8 Å². The molecule has 0 saturated heterocycles. The van der Waals surface area contributed by atoms with Crippen molar-refractivity contribution >= 4 is 17.5 Å². The molecule has 1 N–H and O–H groups in total. The lowest BCUT2D eigenvalue weighted by atomic mass is 10.1. The molecule has 128 valence electrons. The summed E-state index contributed by atoms with van der Waals surface area (Å²) in [7, 11) is 2.87. The molecule has 4 nitrogen and oxygen atoms in total. The van der Waals surface area contributed by atoms with Gasteiger partial charge in [-0.25, -0.2) is 8.78 Å². The van der Waals surface area contributed by atoms with Crippen LogP contribution in [0.3, 0.4) is 0 Å². The normalized spacial score (nSPS) is 11.8. The van der Waals surface area contributed by atoms with Crippen LogP contribution in [0.25, 0.3) is 0 Å². The molecular weight excluding hydrogens is 340 g/mol. The minimum Gasteiger partial charge on any atom is -0.493 e. The summed E-state index contributed by atoms with van der Waals surface area (Å²) in [6.07, 6.45) is 0. The second-order valence-corrected chi connectivity index (χ2v) is 5.47. The Morgan fingerprint density at radius 2 is 1.83 bits per heavy atom. The number of carbonyl (C=O) groups excluding carboxylic acids is 1. The van der Waals surface area contributed by atoms with Crippen LogP contribution in [0.1, 0.15) is 28.9 Å². The fourth-order valence-electron chi connectivity index (χ4n) is 2.19. The topological polar surface area (TPSA) is 47.6 Å². The van der Waals surface area contributed by atoms with Gasteiger partial charge in [0.2, 0.25) is 0 Å². The zero-order valence-corrected chi connectivity index (χ0v) is 14.1. The molecule has 0 fully saturated rings. The van der Waals surface area contributed by atoms with Gasteiger partial charge >= 0.3 is 0 Å². The van der Waals surface area contributed by atoms with Crippen molar-refractivity contribution in [1.29, 1.82) is 0 Å². The Balaban J connectivity index is 2.22. The molecule has 2 rings (SSSR count). The summed E-state index contributed by atoms with van der Waals surface area (Å²) in [5.74, 6) is -1.71. The first-order valence-corrected chi connectivity index (χ1v) is 7.42. The Hall–Kier alpha value is -2.34. The van der Waals surface area contributed by atoms with Crippen molar-refractivity contribution in [2.75, 3.05) is 14.2 Å². The van der Waals surface area contributed by atoms with Gasteiger partial charge in [-0.15, -0.1) is 0 Å². The molecule has 2 aromatic carbocycles. The minimum atomic E-state index is -0.970. The maximum absolute atomic E-state index is 13.3. The van der Waals surface area contributed by atoms with Gasteiger partial charge in [-0.3, -0.25) is 4.79 Å². The highest BCUT2D eigenvalue weighted by Gasteiger charge is 2.17. The largest absolute Gasteiger partial charge is 0.493 e. The molecule has 0 aliphatic heterocycles. The average molecular weight is 356 g/mol. The van der Waals surface area contributed by atoms with Crippen LogP contribution in [-0.2, 0) is 0 Å². The van der Waals surface area contributed by atoms with Crippen LogP contribution in [0.5, 0.6) is 11.5 Å². The van der Waals surface area contributed by atoms with Crippen molar-refractivity contribution in [3.05, 3.63) is 58.1 Å². The molecular formula is C17H16ClF2NO3. The molecule has 0 heterocycles. The second kappa shape index (κ2) is 7.49. The summed E-state index contributed by atoms with van der Waals surface area (Å²) in [5, 5.41) is 2.92. The van der Waals surface area contributed by atoms with E-state index in [9.17, 15) is 13.6 Å². The summed E-state index contributed by atoms with van der Waals surface area (Å²) < 4.78 is 36.5. The lowest BCUT2D eigenvalue weighted by Crippen LogP contribution is -2.26. The van der Waals surface area contributed by atoms with Crippen LogP contribution in [0.2, 0.25) is 5.02 Å². The van der Waals surface area contributed by atoms with E-state index in [2.05, 4.69) is 5.32 Å². The maximum Gasteiger partial charge on any atom is 0.251 e. The molecule has 7 heteroatoms. The van der Waals surface area contributed by atoms with Crippen LogP contribution in [0.15, 0.2) is 30.3 Å². The number of hydrogen-bond donors (Lipinski definition) is 1. The molecule has 0 bridgehead atoms. The number of hydrogen-bond acceptors (Lipinski definition) is 3. The SMILES string of the molecule is COc1cc(C(=O)NC(C)c2ccc(F)c(F)c2)cc(Cl)c1OC. The standard InChI is InChI=1S/C17H16ClF2NO3/c1-9(10-4-5-13(19)14(20)7-10)21-17(22)11-6-12(18)16(24-3)15(8-11)23-2/h4-9H,1-3H3,(H,21,22). The van der Waals surface area contributed by atoms with Gasteiger partial charge in [-0.05, 0) is 36.8 Å². The predicted octanol–water partition coefficient (Wildman–Crippen LogP) is 4.13. The van der Waals surface area contributed by atoms with Crippen molar-refractivity contribution in [2.45, 2.75) is 13.0 Å². The van der Waals surface area contributed by atoms with Gasteiger partial charge in [0.25, 0.3) is 5.91 Å². The maximum atomic E-state index is 13.3. The Labute approximate surface area is 143 Å². The third-order valence-electron chi connectivity index (χ3n) is 3.49. The van der Waals surface area contributed by atoms with Gasteiger partial charge in [-0.2, -0.15) is 0 Å². The van der Waals surface area contributed by atoms with Crippen LogP contribution in [0.4, 0.5) is 8.78 Å². The van der Waals surface area contributed by atoms with E-state index in [1.807, 2.05) is 0 Å². The van der Waals surface area contributed by atoms with Gasteiger partial charge in [-0.1, -0.05) is 17.7 Å². The predicted molar refractivity (Wildman–Crippen MR) is 86.8 cm³/mol. The number of methoxy groups -OCH3 is 2. The van der Waals surface area contributed by atoms with E-state index in [-0.39, 0.29) is 10.6 Å². The quantitative estimate of drug-likeness (QED) is 0.877. The van der Waals surface area contributed by atoms with Gasteiger partial charge in [0.05, 0.1) is 25.3 Å². The zero-order valence-electron chi connectivity index (χ0n) is 13.3. The lowest BCUT2D eigenvalue weighted by Gasteiger charge is -2.16. The molecule has 2 aromatic rings. The first-order chi connectivity index (χ1) is 11.4. The van der Waals surface area contributed by atoms with E-state index in [0.717, 1.165) is 12.1 Å². The van der Waals surface area contributed by atoms with Crippen LogP contribution in [-0.4, -0.2) is 20.1 Å². The Morgan fingerprint density at radius 1 is 1.12 bits per heavy atom. The van der Waals surface area contributed by atoms with E-state index in [0.29, 0.717) is 17.1 Å². The summed E-state index contributed by atoms with van der Waals surface area (Å²) in [6.45, 7) is 1.66. The number of benzene rings is 2. The molecule has 1 atom stereocenters. The molecule has 0 aliphatic carbocycles. The lowest BCUT2D eigenvalue weighted by molar-refractivity contribution is 0.0939. The number of carbonyl (C=O) groups is 1. The average Bonchev–Trinajstić information content (AvgIpc) is 2.56. The van der Waals surface area contributed by atoms with E-state index < -0.39 is 23.6 Å². The fourth-order valence-corrected chi connectivity index (χ4v) is 2.48. The highest BCUT2D eigenvalue weighted by atomic mass is 35.5. The molecule has 0 aliphatic rings. The number of nitrogens with one attached hydrogen (secondary N) is 1. The van der Waals surface area contributed by atoms with E-state index in [1.54, 1.807) is 6.92 Å². The van der Waals surface area contributed by atoms with Crippen molar-refractivity contribution in [1.82, 2.24) is 5.32 Å². The Kier molecular flexibility index (Phi) is 5.62. The number of halogens is 3. The second-order valence-electron chi connectivity index (χ2n) is 5.06. The molecule has 0 spiro atoms. The fraction of sp³-hybridized carbons (Fsp3) is 0.235. The highest BCUT2D eigenvalue weighted by molar-refractivity contribution is 6.32. The van der Waals surface area contributed by atoms with Gasteiger partial charge in [0.1, 0.15) is 0 Å². The molecule has 0 aromatic heterocycles. The first-order valence-electron chi connectivity index (χ1n) is 7.04. The van der Waals surface area contributed by atoms with Gasteiger partial charge in [0.15, 0.2) is 23.1 Å². The van der Waals surface area contributed by atoms with E-state index >= 15 is 0 Å². The van der Waals surface area contributed by atoms with E-state index in [4.69, 9.17) is 21.1 Å². The molecule has 1 unspecified atom stereocenters. The molecule has 1 amide bonds. The Bertz CT molecular complexity index is 768. The smallest absolute Gasteiger partial charge is 0.251 e. The third-order valence-corrected chi connectivity index (χ3v) is 3.77. The Morgan fingerprint density at radius 3 is 2.42 bits per heavy atom. The van der Waals surface area contributed by atoms with Crippen molar-refractivity contribution in [2.24, 2.45) is 0 Å². The van der Waals surface area contributed by atoms with Gasteiger partial charge in [0, 0.05) is 5.56 Å². The van der Waals surface area contributed by atoms with Crippen LogP contribution < -0.4 is 14.8 Å². The monoisotopic (exact) mass is 355 g/mol. The van der Waals surface area contributed by atoms with Crippen molar-refractivity contribution in [3.63, 3.8) is 0 Å². The molecule has 24 heavy (non-hydrogen) atoms. The zero-order chi connectivity index (χ0) is 17.9. The van der Waals surface area contributed by atoms with Crippen molar-refractivity contribution in [3.8, 4) is 11.5 Å². The number of ether oxygens (including phenoxy) is 2.